The largest absolute Gasteiger partial charge is 0.493 e. The molecule has 0 saturated carbocycles. The third kappa shape index (κ3) is 2.42. The fraction of sp³-hybridized carbons (Fsp3) is 0.333. The van der Waals surface area contributed by atoms with Crippen LogP contribution in [-0.4, -0.2) is 11.7 Å². The maximum atomic E-state index is 9.78. The quantitative estimate of drug-likeness (QED) is 0.868. The zero-order valence-electron chi connectivity index (χ0n) is 10.3. The van der Waals surface area contributed by atoms with E-state index in [0.717, 1.165) is 28.5 Å². The first kappa shape index (κ1) is 11.9. The Morgan fingerprint density at radius 2 is 1.94 bits per heavy atom. The van der Waals surface area contributed by atoms with Gasteiger partial charge >= 0.3 is 0 Å². The van der Waals surface area contributed by atoms with Gasteiger partial charge in [0, 0.05) is 10.9 Å². The zero-order valence-corrected chi connectivity index (χ0v) is 10.3. The van der Waals surface area contributed by atoms with Crippen molar-refractivity contribution in [3.05, 3.63) is 42.0 Å². The van der Waals surface area contributed by atoms with Crippen LogP contribution in [0.3, 0.4) is 0 Å². The molecule has 2 aromatic rings. The number of fused-ring (bicyclic) bond motifs is 1. The van der Waals surface area contributed by atoms with Crippen molar-refractivity contribution in [2.75, 3.05) is 6.61 Å². The standard InChI is InChI=1S/C15H18O2/c1-3-10-17-15-13(11(2)16)9-8-12-6-4-5-7-14(12)15/h4-9,11,16H,3,10H2,1-2H3/t11-/m1/s1. The molecular weight excluding hydrogens is 212 g/mol. The van der Waals surface area contributed by atoms with Crippen LogP contribution in [0.2, 0.25) is 0 Å². The van der Waals surface area contributed by atoms with E-state index in [0.29, 0.717) is 6.61 Å². The highest BCUT2D eigenvalue weighted by atomic mass is 16.5. The van der Waals surface area contributed by atoms with Crippen molar-refractivity contribution in [1.29, 1.82) is 0 Å². The molecular formula is C15H18O2. The first-order chi connectivity index (χ1) is 8.24. The van der Waals surface area contributed by atoms with Crippen LogP contribution in [0.4, 0.5) is 0 Å². The molecule has 17 heavy (non-hydrogen) atoms. The zero-order chi connectivity index (χ0) is 12.3. The Balaban J connectivity index is 2.57. The van der Waals surface area contributed by atoms with E-state index in [1.54, 1.807) is 6.92 Å². The monoisotopic (exact) mass is 230 g/mol. The molecule has 2 rings (SSSR count). The Bertz CT molecular complexity index is 503. The molecule has 0 aliphatic heterocycles. The van der Waals surface area contributed by atoms with Crippen LogP contribution < -0.4 is 4.74 Å². The SMILES string of the molecule is CCCOc1c([C@@H](C)O)ccc2ccccc12. The Morgan fingerprint density at radius 1 is 1.18 bits per heavy atom. The van der Waals surface area contributed by atoms with Gasteiger partial charge in [-0.15, -0.1) is 0 Å². The van der Waals surface area contributed by atoms with E-state index in [9.17, 15) is 5.11 Å². The number of hydrogen-bond acceptors (Lipinski definition) is 2. The topological polar surface area (TPSA) is 29.5 Å². The predicted molar refractivity (Wildman–Crippen MR) is 70.4 cm³/mol. The van der Waals surface area contributed by atoms with E-state index in [1.165, 1.54) is 0 Å². The van der Waals surface area contributed by atoms with Crippen LogP contribution in [0.15, 0.2) is 36.4 Å². The minimum absolute atomic E-state index is 0.508. The molecule has 2 heteroatoms. The molecule has 0 bridgehead atoms. The summed E-state index contributed by atoms with van der Waals surface area (Å²) in [6.07, 6.45) is 0.453. The van der Waals surface area contributed by atoms with Crippen LogP contribution in [0.5, 0.6) is 5.75 Å². The summed E-state index contributed by atoms with van der Waals surface area (Å²) >= 11 is 0. The highest BCUT2D eigenvalue weighted by molar-refractivity contribution is 5.89. The minimum atomic E-state index is -0.508. The molecule has 0 radical (unpaired) electrons. The number of benzene rings is 2. The molecule has 0 amide bonds. The Kier molecular flexibility index (Phi) is 3.64. The van der Waals surface area contributed by atoms with Crippen molar-refractivity contribution >= 4 is 10.8 Å². The lowest BCUT2D eigenvalue weighted by Gasteiger charge is -2.15. The van der Waals surface area contributed by atoms with E-state index >= 15 is 0 Å². The van der Waals surface area contributed by atoms with Crippen molar-refractivity contribution in [2.24, 2.45) is 0 Å². The van der Waals surface area contributed by atoms with E-state index in [4.69, 9.17) is 4.74 Å². The molecule has 0 aliphatic carbocycles. The minimum Gasteiger partial charge on any atom is -0.493 e. The molecule has 1 atom stereocenters. The second kappa shape index (κ2) is 5.19. The summed E-state index contributed by atoms with van der Waals surface area (Å²) in [6.45, 7) is 4.52. The fourth-order valence-corrected chi connectivity index (χ4v) is 1.95. The van der Waals surface area contributed by atoms with Crippen LogP contribution in [0.1, 0.15) is 31.9 Å². The summed E-state index contributed by atoms with van der Waals surface area (Å²) < 4.78 is 5.80. The van der Waals surface area contributed by atoms with Gasteiger partial charge in [-0.1, -0.05) is 43.3 Å². The Hall–Kier alpha value is -1.54. The molecule has 0 unspecified atom stereocenters. The Labute approximate surface area is 102 Å². The van der Waals surface area contributed by atoms with Crippen molar-refractivity contribution in [3.63, 3.8) is 0 Å². The summed E-state index contributed by atoms with van der Waals surface area (Å²) in [4.78, 5) is 0. The third-order valence-corrected chi connectivity index (χ3v) is 2.81. The number of rotatable bonds is 4. The lowest BCUT2D eigenvalue weighted by atomic mass is 10.0. The molecule has 2 aromatic carbocycles. The van der Waals surface area contributed by atoms with Gasteiger partial charge in [-0.2, -0.15) is 0 Å². The molecule has 0 heterocycles. The van der Waals surface area contributed by atoms with Gasteiger partial charge in [0.2, 0.25) is 0 Å². The first-order valence-corrected chi connectivity index (χ1v) is 6.06. The lowest BCUT2D eigenvalue weighted by molar-refractivity contribution is 0.192. The van der Waals surface area contributed by atoms with Crippen LogP contribution in [0.25, 0.3) is 10.8 Å². The van der Waals surface area contributed by atoms with Gasteiger partial charge in [0.25, 0.3) is 0 Å². The average molecular weight is 230 g/mol. The predicted octanol–water partition coefficient (Wildman–Crippen LogP) is 3.68. The maximum Gasteiger partial charge on any atom is 0.132 e. The van der Waals surface area contributed by atoms with E-state index in [1.807, 2.05) is 30.3 Å². The third-order valence-electron chi connectivity index (χ3n) is 2.81. The number of hydrogen-bond donors (Lipinski definition) is 1. The van der Waals surface area contributed by atoms with Gasteiger partial charge in [-0.3, -0.25) is 0 Å². The summed E-state index contributed by atoms with van der Waals surface area (Å²) in [5, 5.41) is 12.0. The normalized spacial score (nSPS) is 12.6. The van der Waals surface area contributed by atoms with Gasteiger partial charge in [0.05, 0.1) is 12.7 Å². The maximum absolute atomic E-state index is 9.78. The highest BCUT2D eigenvalue weighted by Crippen LogP contribution is 2.33. The molecule has 0 fully saturated rings. The second-order valence-corrected chi connectivity index (χ2v) is 4.23. The van der Waals surface area contributed by atoms with Gasteiger partial charge in [-0.05, 0) is 18.7 Å². The summed E-state index contributed by atoms with van der Waals surface area (Å²) in [5.41, 5.74) is 0.858. The van der Waals surface area contributed by atoms with Crippen molar-refractivity contribution < 1.29 is 9.84 Å². The van der Waals surface area contributed by atoms with Crippen molar-refractivity contribution in [2.45, 2.75) is 26.4 Å². The fourth-order valence-electron chi connectivity index (χ4n) is 1.95. The van der Waals surface area contributed by atoms with Crippen LogP contribution in [-0.2, 0) is 0 Å². The molecule has 0 aliphatic rings. The van der Waals surface area contributed by atoms with E-state index in [2.05, 4.69) is 13.0 Å². The Morgan fingerprint density at radius 3 is 2.65 bits per heavy atom. The van der Waals surface area contributed by atoms with Crippen LogP contribution in [0, 0.1) is 0 Å². The summed E-state index contributed by atoms with van der Waals surface area (Å²) in [7, 11) is 0. The van der Waals surface area contributed by atoms with Gasteiger partial charge in [0.1, 0.15) is 5.75 Å². The average Bonchev–Trinajstić information content (AvgIpc) is 2.35. The molecule has 1 N–H and O–H groups in total. The molecule has 0 saturated heterocycles. The van der Waals surface area contributed by atoms with E-state index < -0.39 is 6.10 Å². The summed E-state index contributed by atoms with van der Waals surface area (Å²) in [5.74, 6) is 0.819. The molecule has 2 nitrogen and oxygen atoms in total. The first-order valence-electron chi connectivity index (χ1n) is 6.06. The smallest absolute Gasteiger partial charge is 0.132 e. The number of ether oxygens (including phenoxy) is 1. The summed E-state index contributed by atoms with van der Waals surface area (Å²) in [6, 6.07) is 12.1. The van der Waals surface area contributed by atoms with E-state index in [-0.39, 0.29) is 0 Å². The molecule has 0 spiro atoms. The van der Waals surface area contributed by atoms with Gasteiger partial charge in [-0.25, -0.2) is 0 Å². The highest BCUT2D eigenvalue weighted by Gasteiger charge is 2.12. The van der Waals surface area contributed by atoms with Gasteiger partial charge < -0.3 is 9.84 Å². The lowest BCUT2D eigenvalue weighted by Crippen LogP contribution is -2.02. The number of aliphatic hydroxyl groups excluding tert-OH is 1. The second-order valence-electron chi connectivity index (χ2n) is 4.23. The van der Waals surface area contributed by atoms with Crippen molar-refractivity contribution in [1.82, 2.24) is 0 Å². The van der Waals surface area contributed by atoms with Gasteiger partial charge in [0.15, 0.2) is 0 Å². The molecule has 90 valence electrons. The van der Waals surface area contributed by atoms with Crippen molar-refractivity contribution in [3.8, 4) is 5.75 Å². The number of aliphatic hydroxyl groups is 1. The van der Waals surface area contributed by atoms with Crippen LogP contribution >= 0.6 is 0 Å². The molecule has 0 aromatic heterocycles.